The zero-order valence-corrected chi connectivity index (χ0v) is 41.5. The number of rotatable bonds is 8. The maximum Gasteiger partial charge on any atom is 0.0465 e. The quantitative estimate of drug-likeness (QED) is 0.150. The second-order valence-corrected chi connectivity index (χ2v) is 20.9. The van der Waals surface area contributed by atoms with Crippen molar-refractivity contribution in [2.45, 2.75) is 66.2 Å². The molecule has 0 spiro atoms. The summed E-state index contributed by atoms with van der Waals surface area (Å²) in [5.74, 6) is 0. The van der Waals surface area contributed by atoms with Crippen LogP contribution in [-0.4, -0.2) is 0 Å². The van der Waals surface area contributed by atoms with Gasteiger partial charge in [0.05, 0.1) is 0 Å². The fourth-order valence-corrected chi connectivity index (χ4v) is 12.0. The van der Waals surface area contributed by atoms with Crippen molar-refractivity contribution in [2.24, 2.45) is 0 Å². The molecule has 0 saturated carbocycles. The summed E-state index contributed by atoms with van der Waals surface area (Å²) in [6.07, 6.45) is 0. The topological polar surface area (TPSA) is 6.48 Å². The summed E-state index contributed by atoms with van der Waals surface area (Å²) >= 11 is 0. The molecule has 2 aliphatic rings. The molecule has 2 nitrogen and oxygen atoms in total. The third kappa shape index (κ3) is 6.91. The molecule has 10 aromatic carbocycles. The number of benzene rings is 10. The van der Waals surface area contributed by atoms with Crippen LogP contribution < -0.4 is 9.80 Å². The summed E-state index contributed by atoms with van der Waals surface area (Å²) in [7, 11) is 0. The Morgan fingerprint density at radius 1 is 0.271 bits per heavy atom. The average Bonchev–Trinajstić information content (AvgIpc) is 3.71. The van der Waals surface area contributed by atoms with E-state index in [2.05, 4.69) is 271 Å². The molecule has 12 rings (SSSR count). The van der Waals surface area contributed by atoms with Crippen molar-refractivity contribution in [3.8, 4) is 44.5 Å². The van der Waals surface area contributed by atoms with E-state index in [4.69, 9.17) is 0 Å². The highest BCUT2D eigenvalue weighted by atomic mass is 15.1. The second-order valence-electron chi connectivity index (χ2n) is 20.9. The third-order valence-electron chi connectivity index (χ3n) is 15.4. The van der Waals surface area contributed by atoms with E-state index in [1.807, 2.05) is 0 Å². The van der Waals surface area contributed by atoms with Crippen molar-refractivity contribution in [2.75, 3.05) is 9.80 Å². The minimum Gasteiger partial charge on any atom is -0.310 e. The Kier molecular flexibility index (Phi) is 10.1. The van der Waals surface area contributed by atoms with Crippen LogP contribution in [0.5, 0.6) is 0 Å². The molecule has 0 aliphatic heterocycles. The molecule has 10 aromatic rings. The Morgan fingerprint density at radius 2 is 0.586 bits per heavy atom. The summed E-state index contributed by atoms with van der Waals surface area (Å²) in [6.45, 7) is 18.5. The molecule has 0 aromatic heterocycles. The predicted molar refractivity (Wildman–Crippen MR) is 298 cm³/mol. The van der Waals surface area contributed by atoms with E-state index >= 15 is 0 Å². The molecule has 0 radical (unpaired) electrons. The van der Waals surface area contributed by atoms with Crippen LogP contribution in [-0.2, 0) is 10.8 Å². The van der Waals surface area contributed by atoms with Crippen molar-refractivity contribution >= 4 is 44.9 Å². The number of hydrogen-bond acceptors (Lipinski definition) is 2. The van der Waals surface area contributed by atoms with Gasteiger partial charge in [-0.25, -0.2) is 0 Å². The first kappa shape index (κ1) is 43.3. The number of anilines is 6. The molecule has 0 amide bonds. The smallest absolute Gasteiger partial charge is 0.0465 e. The highest BCUT2D eigenvalue weighted by Crippen LogP contribution is 2.60. The van der Waals surface area contributed by atoms with Crippen LogP contribution in [0.1, 0.15) is 72.2 Å². The van der Waals surface area contributed by atoms with Gasteiger partial charge < -0.3 is 9.80 Å². The van der Waals surface area contributed by atoms with E-state index < -0.39 is 0 Å². The minimum atomic E-state index is -0.308. The zero-order valence-electron chi connectivity index (χ0n) is 41.5. The summed E-state index contributed by atoms with van der Waals surface area (Å²) in [4.78, 5) is 4.86. The Bertz CT molecular complexity index is 3370. The summed E-state index contributed by atoms with van der Waals surface area (Å²) in [5.41, 5.74) is 27.1. The zero-order chi connectivity index (χ0) is 48.1. The SMILES string of the molecule is Cc1cccc(N(c2cccc(C)c2)c2ccc3c(c2)C(C)(C)c2cc4c(-c5ccccc5)c5c(cc4c(-c4ccccc4)c2-3)C(C)(C)c2cc(N(c3cccc(C)c3)c3cccc(C)c3)ccc2-5)c1. The van der Waals surface area contributed by atoms with Crippen molar-refractivity contribution in [3.05, 3.63) is 251 Å². The predicted octanol–water partition coefficient (Wildman–Crippen LogP) is 19.0. The molecule has 0 bridgehead atoms. The molecule has 0 N–H and O–H groups in total. The third-order valence-corrected chi connectivity index (χ3v) is 15.4. The number of hydrogen-bond donors (Lipinski definition) is 0. The molecule has 340 valence electrons. The van der Waals surface area contributed by atoms with Crippen LogP contribution in [0.15, 0.2) is 206 Å². The van der Waals surface area contributed by atoms with Gasteiger partial charge in [-0.3, -0.25) is 0 Å². The van der Waals surface area contributed by atoms with Crippen LogP contribution in [0.2, 0.25) is 0 Å². The molecule has 0 atom stereocenters. The lowest BCUT2D eigenvalue weighted by Gasteiger charge is -2.29. The van der Waals surface area contributed by atoms with Gasteiger partial charge in [0.25, 0.3) is 0 Å². The van der Waals surface area contributed by atoms with Crippen LogP contribution in [0.4, 0.5) is 34.1 Å². The van der Waals surface area contributed by atoms with E-state index in [1.54, 1.807) is 0 Å². The molecule has 0 unspecified atom stereocenters. The van der Waals surface area contributed by atoms with Crippen molar-refractivity contribution in [1.82, 2.24) is 0 Å². The first-order valence-electron chi connectivity index (χ1n) is 24.8. The van der Waals surface area contributed by atoms with Gasteiger partial charge in [0.15, 0.2) is 0 Å². The molecule has 2 aliphatic carbocycles. The van der Waals surface area contributed by atoms with Crippen molar-refractivity contribution in [1.29, 1.82) is 0 Å². The summed E-state index contributed by atoms with van der Waals surface area (Å²) in [5, 5.41) is 2.58. The Hall–Kier alpha value is -7.94. The Balaban J connectivity index is 1.11. The monoisotopic (exact) mass is 902 g/mol. The Labute approximate surface area is 414 Å². The normalized spacial score (nSPS) is 13.7. The van der Waals surface area contributed by atoms with Gasteiger partial charge in [-0.15, -0.1) is 0 Å². The average molecular weight is 903 g/mol. The molecule has 0 heterocycles. The largest absolute Gasteiger partial charge is 0.310 e. The van der Waals surface area contributed by atoms with Gasteiger partial charge in [-0.2, -0.15) is 0 Å². The van der Waals surface area contributed by atoms with Crippen LogP contribution in [0.25, 0.3) is 55.3 Å². The van der Waals surface area contributed by atoms with Gasteiger partial charge >= 0.3 is 0 Å². The standard InChI is InChI=1S/C68H58N2/c1-43-19-15-27-49(35-43)69(50-28-16-20-44(2)36-50)53-31-33-55-59(39-53)67(5,6)61-41-57-58(63(65(55)61)47-23-11-9-12-24-47)42-62-66(64(57)48-25-13-10-14-26-48)56-34-32-54(40-60(56)68(62,7)8)70(51-29-17-21-45(3)37-51)52-30-18-22-46(4)38-52/h9-42H,1-8H3. The van der Waals surface area contributed by atoms with Gasteiger partial charge in [0, 0.05) is 45.0 Å². The number of nitrogens with zero attached hydrogens (tertiary/aromatic N) is 2. The molecule has 0 saturated heterocycles. The number of aryl methyl sites for hydroxylation is 4. The van der Waals surface area contributed by atoms with Crippen molar-refractivity contribution in [3.63, 3.8) is 0 Å². The summed E-state index contributed by atoms with van der Waals surface area (Å²) in [6, 6.07) is 77.5. The lowest BCUT2D eigenvalue weighted by molar-refractivity contribution is 0.660. The molecule has 2 heteroatoms. The van der Waals surface area contributed by atoms with Crippen molar-refractivity contribution < 1.29 is 0 Å². The van der Waals surface area contributed by atoms with Crippen LogP contribution in [0, 0.1) is 27.7 Å². The fraction of sp³-hybridized carbons (Fsp3) is 0.147. The van der Waals surface area contributed by atoms with E-state index in [9.17, 15) is 0 Å². The Morgan fingerprint density at radius 3 is 0.900 bits per heavy atom. The summed E-state index contributed by atoms with van der Waals surface area (Å²) < 4.78 is 0. The molecule has 70 heavy (non-hydrogen) atoms. The van der Waals surface area contributed by atoms with Gasteiger partial charge in [-0.1, -0.05) is 149 Å². The minimum absolute atomic E-state index is 0.308. The van der Waals surface area contributed by atoms with E-state index in [0.717, 1.165) is 34.1 Å². The lowest BCUT2D eigenvalue weighted by Crippen LogP contribution is -2.17. The molecule has 0 fully saturated rings. The van der Waals surface area contributed by atoms with E-state index in [0.29, 0.717) is 0 Å². The fourth-order valence-electron chi connectivity index (χ4n) is 12.0. The highest BCUT2D eigenvalue weighted by Gasteiger charge is 2.42. The first-order valence-corrected chi connectivity index (χ1v) is 24.8. The van der Waals surface area contributed by atoms with Gasteiger partial charge in [-0.05, 0) is 212 Å². The molecular formula is C68H58N2. The molecular weight excluding hydrogens is 845 g/mol. The highest BCUT2D eigenvalue weighted by molar-refractivity contribution is 6.17. The van der Waals surface area contributed by atoms with Gasteiger partial charge in [0.1, 0.15) is 0 Å². The van der Waals surface area contributed by atoms with E-state index in [1.165, 1.54) is 99.8 Å². The van der Waals surface area contributed by atoms with Gasteiger partial charge in [0.2, 0.25) is 0 Å². The maximum absolute atomic E-state index is 2.58. The lowest BCUT2D eigenvalue weighted by atomic mass is 9.76. The van der Waals surface area contributed by atoms with E-state index in [-0.39, 0.29) is 10.8 Å². The van der Waals surface area contributed by atoms with Crippen LogP contribution >= 0.6 is 0 Å². The number of fused-ring (bicyclic) bond motifs is 7. The van der Waals surface area contributed by atoms with Crippen LogP contribution in [0.3, 0.4) is 0 Å². The maximum atomic E-state index is 2.58. The second kappa shape index (κ2) is 16.4. The first-order chi connectivity index (χ1) is 33.9.